The fourth-order valence-electron chi connectivity index (χ4n) is 1.51. The van der Waals surface area contributed by atoms with Crippen LogP contribution in [0.5, 0.6) is 0 Å². The Hall–Kier alpha value is -1.13. The number of aromatic nitrogens is 2. The lowest BCUT2D eigenvalue weighted by atomic mass is 10.2. The van der Waals surface area contributed by atoms with Gasteiger partial charge in [0.1, 0.15) is 0 Å². The van der Waals surface area contributed by atoms with Crippen LogP contribution in [-0.4, -0.2) is 16.3 Å². The van der Waals surface area contributed by atoms with Gasteiger partial charge < -0.3 is 5.73 Å². The Labute approximate surface area is 103 Å². The molecule has 0 aliphatic carbocycles. The first-order chi connectivity index (χ1) is 7.70. The van der Waals surface area contributed by atoms with E-state index in [9.17, 15) is 0 Å². The molecule has 2 N–H and O–H groups in total. The molecule has 0 saturated heterocycles. The van der Waals surface area contributed by atoms with Crippen molar-refractivity contribution in [2.24, 2.45) is 5.73 Å². The second-order valence-corrected chi connectivity index (χ2v) is 4.58. The number of hydrogen-bond acceptors (Lipinski definition) is 2. The van der Waals surface area contributed by atoms with Gasteiger partial charge in [0.05, 0.1) is 11.4 Å². The van der Waals surface area contributed by atoms with Crippen molar-refractivity contribution in [2.45, 2.75) is 13.3 Å². The maximum absolute atomic E-state index is 5.50. The third kappa shape index (κ3) is 2.33. The maximum atomic E-state index is 5.50. The molecule has 0 bridgehead atoms. The van der Waals surface area contributed by atoms with E-state index >= 15 is 0 Å². The molecule has 0 aliphatic rings. The van der Waals surface area contributed by atoms with Crippen LogP contribution in [0.2, 0.25) is 0 Å². The number of benzene rings is 1. The monoisotopic (exact) mass is 279 g/mol. The van der Waals surface area contributed by atoms with Crippen LogP contribution in [0.4, 0.5) is 0 Å². The minimum absolute atomic E-state index is 0.634. The van der Waals surface area contributed by atoms with Crippen molar-refractivity contribution in [3.05, 3.63) is 46.2 Å². The number of nitrogens with zero attached hydrogens (tertiary/aromatic N) is 2. The Morgan fingerprint density at radius 3 is 2.88 bits per heavy atom. The summed E-state index contributed by atoms with van der Waals surface area (Å²) in [5.41, 5.74) is 8.80. The lowest BCUT2D eigenvalue weighted by Crippen LogP contribution is -2.04. The van der Waals surface area contributed by atoms with Crippen LogP contribution in [0.1, 0.15) is 11.3 Å². The quantitative estimate of drug-likeness (QED) is 0.938. The van der Waals surface area contributed by atoms with Gasteiger partial charge in [-0.3, -0.25) is 0 Å². The highest BCUT2D eigenvalue weighted by atomic mass is 79.9. The molecular weight excluding hydrogens is 266 g/mol. The Bertz CT molecular complexity index is 491. The molecule has 4 heteroatoms. The maximum Gasteiger partial charge on any atom is 0.0657 e. The summed E-state index contributed by atoms with van der Waals surface area (Å²) in [4.78, 5) is 0. The molecule has 0 spiro atoms. The van der Waals surface area contributed by atoms with Crippen molar-refractivity contribution in [1.29, 1.82) is 0 Å². The highest BCUT2D eigenvalue weighted by Gasteiger charge is 2.02. The molecule has 0 radical (unpaired) electrons. The summed E-state index contributed by atoms with van der Waals surface area (Å²) in [5, 5.41) is 4.46. The molecule has 2 aromatic rings. The van der Waals surface area contributed by atoms with Crippen molar-refractivity contribution < 1.29 is 0 Å². The number of aryl methyl sites for hydroxylation is 1. The van der Waals surface area contributed by atoms with E-state index in [1.54, 1.807) is 0 Å². The van der Waals surface area contributed by atoms with E-state index < -0.39 is 0 Å². The molecule has 0 amide bonds. The van der Waals surface area contributed by atoms with Crippen LogP contribution in [0.3, 0.4) is 0 Å². The molecule has 1 aromatic heterocycles. The van der Waals surface area contributed by atoms with Crippen molar-refractivity contribution in [2.75, 3.05) is 6.54 Å². The summed E-state index contributed by atoms with van der Waals surface area (Å²) >= 11 is 3.52. The van der Waals surface area contributed by atoms with Crippen molar-refractivity contribution in [1.82, 2.24) is 9.78 Å². The van der Waals surface area contributed by atoms with E-state index in [2.05, 4.69) is 46.2 Å². The van der Waals surface area contributed by atoms with E-state index in [1.807, 2.05) is 16.9 Å². The molecular formula is C12H14BrN3. The van der Waals surface area contributed by atoms with Crippen LogP contribution in [-0.2, 0) is 6.42 Å². The van der Waals surface area contributed by atoms with E-state index in [-0.39, 0.29) is 0 Å². The summed E-state index contributed by atoms with van der Waals surface area (Å²) in [6.45, 7) is 2.70. The van der Waals surface area contributed by atoms with Crippen molar-refractivity contribution in [3.8, 4) is 5.69 Å². The molecule has 1 aromatic carbocycles. The Morgan fingerprint density at radius 1 is 1.38 bits per heavy atom. The van der Waals surface area contributed by atoms with Gasteiger partial charge in [-0.05, 0) is 37.2 Å². The first kappa shape index (κ1) is 11.4. The standard InChI is InChI=1S/C12H14BrN3/c1-9-2-3-11(8-12(9)13)16-7-5-10(15-16)4-6-14/h2-3,5,7-8H,4,6,14H2,1H3. The molecule has 16 heavy (non-hydrogen) atoms. The van der Waals surface area contributed by atoms with Gasteiger partial charge in [0.2, 0.25) is 0 Å². The molecule has 0 saturated carbocycles. The Morgan fingerprint density at radius 2 is 2.19 bits per heavy atom. The van der Waals surface area contributed by atoms with Gasteiger partial charge in [-0.25, -0.2) is 4.68 Å². The molecule has 0 aliphatic heterocycles. The topological polar surface area (TPSA) is 43.8 Å². The van der Waals surface area contributed by atoms with Crippen molar-refractivity contribution >= 4 is 15.9 Å². The number of rotatable bonds is 3. The molecule has 2 rings (SSSR count). The second kappa shape index (κ2) is 4.80. The number of nitrogens with two attached hydrogens (primary N) is 1. The largest absolute Gasteiger partial charge is 0.330 e. The van der Waals surface area contributed by atoms with E-state index in [0.717, 1.165) is 22.3 Å². The highest BCUT2D eigenvalue weighted by molar-refractivity contribution is 9.10. The minimum Gasteiger partial charge on any atom is -0.330 e. The third-order valence-corrected chi connectivity index (χ3v) is 3.32. The zero-order valence-electron chi connectivity index (χ0n) is 9.15. The Balaban J connectivity index is 2.31. The predicted octanol–water partition coefficient (Wildman–Crippen LogP) is 2.44. The van der Waals surface area contributed by atoms with Crippen LogP contribution in [0.15, 0.2) is 34.9 Å². The van der Waals surface area contributed by atoms with E-state index in [1.165, 1.54) is 5.56 Å². The fourth-order valence-corrected chi connectivity index (χ4v) is 1.88. The fraction of sp³-hybridized carbons (Fsp3) is 0.250. The zero-order chi connectivity index (χ0) is 11.5. The molecule has 84 valence electrons. The van der Waals surface area contributed by atoms with Gasteiger partial charge in [-0.1, -0.05) is 22.0 Å². The van der Waals surface area contributed by atoms with Crippen LogP contribution >= 0.6 is 15.9 Å². The summed E-state index contributed by atoms with van der Waals surface area (Å²) in [7, 11) is 0. The van der Waals surface area contributed by atoms with Gasteiger partial charge in [-0.15, -0.1) is 0 Å². The summed E-state index contributed by atoms with van der Waals surface area (Å²) < 4.78 is 2.97. The molecule has 0 unspecified atom stereocenters. The molecule has 0 atom stereocenters. The average molecular weight is 280 g/mol. The number of hydrogen-bond donors (Lipinski definition) is 1. The highest BCUT2D eigenvalue weighted by Crippen LogP contribution is 2.19. The minimum atomic E-state index is 0.634. The SMILES string of the molecule is Cc1ccc(-n2ccc(CCN)n2)cc1Br. The van der Waals surface area contributed by atoms with Gasteiger partial charge >= 0.3 is 0 Å². The lowest BCUT2D eigenvalue weighted by Gasteiger charge is -2.04. The summed E-state index contributed by atoms with van der Waals surface area (Å²) in [6.07, 6.45) is 2.78. The zero-order valence-corrected chi connectivity index (χ0v) is 10.7. The van der Waals surface area contributed by atoms with Crippen molar-refractivity contribution in [3.63, 3.8) is 0 Å². The van der Waals surface area contributed by atoms with Gasteiger partial charge in [0.15, 0.2) is 0 Å². The van der Waals surface area contributed by atoms with E-state index in [4.69, 9.17) is 5.73 Å². The van der Waals surface area contributed by atoms with E-state index in [0.29, 0.717) is 6.54 Å². The van der Waals surface area contributed by atoms with Gasteiger partial charge in [0.25, 0.3) is 0 Å². The predicted molar refractivity (Wildman–Crippen MR) is 68.8 cm³/mol. The Kier molecular flexibility index (Phi) is 3.41. The average Bonchev–Trinajstić information content (AvgIpc) is 2.71. The normalized spacial score (nSPS) is 10.7. The molecule has 3 nitrogen and oxygen atoms in total. The number of halogens is 1. The lowest BCUT2D eigenvalue weighted by molar-refractivity contribution is 0.821. The van der Waals surface area contributed by atoms with Crippen LogP contribution in [0, 0.1) is 6.92 Å². The first-order valence-corrected chi connectivity index (χ1v) is 6.01. The van der Waals surface area contributed by atoms with Gasteiger partial charge in [-0.2, -0.15) is 5.10 Å². The molecule has 1 heterocycles. The third-order valence-electron chi connectivity index (χ3n) is 2.46. The first-order valence-electron chi connectivity index (χ1n) is 5.22. The van der Waals surface area contributed by atoms with Gasteiger partial charge in [0, 0.05) is 17.1 Å². The summed E-state index contributed by atoms with van der Waals surface area (Å²) in [6, 6.07) is 8.19. The summed E-state index contributed by atoms with van der Waals surface area (Å²) in [5.74, 6) is 0. The van der Waals surface area contributed by atoms with Crippen LogP contribution in [0.25, 0.3) is 5.69 Å². The molecule has 0 fully saturated rings. The van der Waals surface area contributed by atoms with Crippen LogP contribution < -0.4 is 5.73 Å². The smallest absolute Gasteiger partial charge is 0.0657 e. The second-order valence-electron chi connectivity index (χ2n) is 3.72.